The highest BCUT2D eigenvalue weighted by atomic mass is 15.0. The van der Waals surface area contributed by atoms with Gasteiger partial charge in [-0.05, 0) is 23.6 Å². The molecule has 0 unspecified atom stereocenters. The van der Waals surface area contributed by atoms with E-state index in [-0.39, 0.29) is 0 Å². The van der Waals surface area contributed by atoms with Gasteiger partial charge in [-0.1, -0.05) is 30.3 Å². The minimum Gasteiger partial charge on any atom is -0.344 e. The fourth-order valence-corrected chi connectivity index (χ4v) is 4.05. The summed E-state index contributed by atoms with van der Waals surface area (Å²) in [5.41, 5.74) is 4.90. The molecule has 0 bridgehead atoms. The van der Waals surface area contributed by atoms with Crippen LogP contribution in [-0.4, -0.2) is 9.13 Å². The molecule has 0 spiro atoms. The average molecular weight is 312 g/mol. The first-order valence-electron chi connectivity index (χ1n) is 8.14. The van der Waals surface area contributed by atoms with Crippen LogP contribution >= 0.6 is 0 Å². The van der Waals surface area contributed by atoms with Crippen molar-refractivity contribution in [3.8, 4) is 0 Å². The molecule has 116 valence electrons. The molecule has 3 aromatic carbocycles. The van der Waals surface area contributed by atoms with E-state index >= 15 is 0 Å². The third-order valence-corrected chi connectivity index (χ3v) is 5.17. The molecule has 0 fully saturated rings. The van der Waals surface area contributed by atoms with E-state index in [9.17, 15) is 0 Å². The van der Waals surface area contributed by atoms with E-state index in [4.69, 9.17) is 5.41 Å². The summed E-state index contributed by atoms with van der Waals surface area (Å²) in [6.45, 7) is 0. The molecule has 0 radical (unpaired) electrons. The molecule has 0 aliphatic rings. The zero-order valence-electron chi connectivity index (χ0n) is 13.7. The lowest BCUT2D eigenvalue weighted by Crippen LogP contribution is -2.44. The van der Waals surface area contributed by atoms with Crippen molar-refractivity contribution in [2.45, 2.75) is 0 Å². The smallest absolute Gasteiger partial charge is 0.198 e. The molecule has 0 saturated carbocycles. The summed E-state index contributed by atoms with van der Waals surface area (Å²) in [4.78, 5) is 0. The normalized spacial score (nSPS) is 11.9. The Kier molecular flexibility index (Phi) is 2.50. The maximum Gasteiger partial charge on any atom is 0.198 e. The first kappa shape index (κ1) is 13.4. The Morgan fingerprint density at radius 1 is 0.667 bits per heavy atom. The third-order valence-electron chi connectivity index (χ3n) is 5.17. The van der Waals surface area contributed by atoms with Gasteiger partial charge in [-0.2, -0.15) is 0 Å². The Balaban J connectivity index is 2.28. The number of fused-ring (bicyclic) bond motifs is 4. The van der Waals surface area contributed by atoms with Crippen molar-refractivity contribution >= 4 is 43.6 Å². The first-order chi connectivity index (χ1) is 11.7. The topological polar surface area (TPSA) is 35.5 Å². The minimum absolute atomic E-state index is 0.794. The summed E-state index contributed by atoms with van der Waals surface area (Å²) in [5, 5.41) is 11.9. The van der Waals surface area contributed by atoms with Crippen molar-refractivity contribution in [2.75, 3.05) is 0 Å². The molecular formula is C21H18N3+. The standard InChI is InChI=1S/C21H17N3/c1-23-17-8-4-3-6-16(17)21-20-15(7-5-9-18(20)23)14-11-10-13(22)12-19(14)24(21)2/h3-12,22H,1-2H3/p+1. The molecule has 2 N–H and O–H groups in total. The predicted molar refractivity (Wildman–Crippen MR) is 99.5 cm³/mol. The lowest BCUT2D eigenvalue weighted by molar-refractivity contribution is -0.172. The molecule has 0 amide bonds. The molecule has 5 rings (SSSR count). The monoisotopic (exact) mass is 312 g/mol. The Morgan fingerprint density at radius 2 is 1.42 bits per heavy atom. The van der Waals surface area contributed by atoms with Gasteiger partial charge >= 0.3 is 0 Å². The van der Waals surface area contributed by atoms with Crippen molar-refractivity contribution in [3.05, 3.63) is 66.0 Å². The fraction of sp³-hybridized carbons (Fsp3) is 0.0952. The zero-order valence-corrected chi connectivity index (χ0v) is 13.7. The second-order valence-electron chi connectivity index (χ2n) is 6.46. The van der Waals surface area contributed by atoms with Crippen LogP contribution in [0.3, 0.4) is 0 Å². The Morgan fingerprint density at radius 3 is 2.29 bits per heavy atom. The number of rotatable bonds is 0. The number of hydrogen-bond acceptors (Lipinski definition) is 0. The van der Waals surface area contributed by atoms with Crippen LogP contribution in [0, 0.1) is 0 Å². The van der Waals surface area contributed by atoms with Crippen molar-refractivity contribution in [1.82, 2.24) is 9.13 Å². The summed E-state index contributed by atoms with van der Waals surface area (Å²) in [6.07, 6.45) is 0. The number of para-hydroxylation sites is 1. The van der Waals surface area contributed by atoms with Crippen LogP contribution in [-0.2, 0) is 14.1 Å². The van der Waals surface area contributed by atoms with Crippen molar-refractivity contribution in [1.29, 1.82) is 0 Å². The average Bonchev–Trinajstić information content (AvgIpc) is 2.61. The van der Waals surface area contributed by atoms with Gasteiger partial charge in [0.05, 0.1) is 22.1 Å². The van der Waals surface area contributed by atoms with Crippen LogP contribution in [0.2, 0.25) is 0 Å². The van der Waals surface area contributed by atoms with Crippen molar-refractivity contribution in [3.63, 3.8) is 0 Å². The highest BCUT2D eigenvalue weighted by molar-refractivity contribution is 6.24. The van der Waals surface area contributed by atoms with E-state index < -0.39 is 0 Å². The lowest BCUT2D eigenvalue weighted by Gasteiger charge is -2.20. The number of benzene rings is 3. The predicted octanol–water partition coefficient (Wildman–Crippen LogP) is 2.64. The van der Waals surface area contributed by atoms with Gasteiger partial charge in [0.1, 0.15) is 0 Å². The van der Waals surface area contributed by atoms with Gasteiger partial charge in [0.2, 0.25) is 0 Å². The molecule has 0 aliphatic carbocycles. The van der Waals surface area contributed by atoms with Gasteiger partial charge in [0.25, 0.3) is 0 Å². The van der Waals surface area contributed by atoms with E-state index in [1.807, 2.05) is 6.07 Å². The number of nitrogens with two attached hydrogens (primary N) is 1. The lowest BCUT2D eigenvalue weighted by atomic mass is 9.99. The second kappa shape index (κ2) is 4.48. The summed E-state index contributed by atoms with van der Waals surface area (Å²) >= 11 is 0. The zero-order chi connectivity index (χ0) is 16.4. The molecule has 0 aliphatic heterocycles. The minimum atomic E-state index is 0.794. The van der Waals surface area contributed by atoms with Crippen LogP contribution in [0.15, 0.2) is 60.7 Å². The van der Waals surface area contributed by atoms with Crippen LogP contribution in [0.4, 0.5) is 0 Å². The molecule has 3 heteroatoms. The Hall–Kier alpha value is -3.07. The SMILES string of the molecule is Cn1c2ccccc2c2c3c(cccc31)c1ccc(=[NH2+])cc1n2C. The number of pyridine rings is 2. The van der Waals surface area contributed by atoms with Gasteiger partial charge in [-0.15, -0.1) is 0 Å². The number of aromatic nitrogens is 2. The Labute approximate surface area is 138 Å². The summed E-state index contributed by atoms with van der Waals surface area (Å²) in [7, 11) is 4.28. The maximum absolute atomic E-state index is 6.07. The molecule has 2 heterocycles. The van der Waals surface area contributed by atoms with E-state index in [1.165, 1.54) is 38.1 Å². The molecule has 2 aromatic heterocycles. The van der Waals surface area contributed by atoms with Gasteiger partial charge in [-0.3, -0.25) is 5.41 Å². The quantitative estimate of drug-likeness (QED) is 0.337. The summed E-state index contributed by atoms with van der Waals surface area (Å²) in [6, 6.07) is 21.3. The highest BCUT2D eigenvalue weighted by Gasteiger charge is 2.15. The van der Waals surface area contributed by atoms with Gasteiger partial charge in [0.15, 0.2) is 5.36 Å². The van der Waals surface area contributed by atoms with Crippen LogP contribution in [0.25, 0.3) is 43.6 Å². The molecule has 5 aromatic rings. The van der Waals surface area contributed by atoms with E-state index in [0.29, 0.717) is 0 Å². The number of aryl methyl sites for hydroxylation is 2. The van der Waals surface area contributed by atoms with Crippen molar-refractivity contribution in [2.24, 2.45) is 14.1 Å². The summed E-state index contributed by atoms with van der Waals surface area (Å²) < 4.78 is 4.57. The van der Waals surface area contributed by atoms with E-state index in [1.54, 1.807) is 0 Å². The summed E-state index contributed by atoms with van der Waals surface area (Å²) in [5.74, 6) is 0. The molecular weight excluding hydrogens is 294 g/mol. The molecule has 24 heavy (non-hydrogen) atoms. The largest absolute Gasteiger partial charge is 0.344 e. The fourth-order valence-electron chi connectivity index (χ4n) is 4.05. The second-order valence-corrected chi connectivity index (χ2v) is 6.46. The molecule has 3 nitrogen and oxygen atoms in total. The highest BCUT2D eigenvalue weighted by Crippen LogP contribution is 2.36. The van der Waals surface area contributed by atoms with Gasteiger partial charge < -0.3 is 9.13 Å². The molecule has 0 atom stereocenters. The van der Waals surface area contributed by atoms with Gasteiger partial charge in [0, 0.05) is 42.4 Å². The van der Waals surface area contributed by atoms with Crippen LogP contribution < -0.4 is 10.8 Å². The van der Waals surface area contributed by atoms with Crippen LogP contribution in [0.5, 0.6) is 0 Å². The number of hydrogen-bond donors (Lipinski definition) is 1. The Bertz CT molecular complexity index is 1340. The van der Waals surface area contributed by atoms with Gasteiger partial charge in [-0.25, -0.2) is 0 Å². The van der Waals surface area contributed by atoms with Crippen LogP contribution in [0.1, 0.15) is 0 Å². The van der Waals surface area contributed by atoms with E-state index in [2.05, 4.69) is 77.8 Å². The maximum atomic E-state index is 6.07. The third kappa shape index (κ3) is 1.54. The number of nitrogens with zero attached hydrogens (tertiary/aromatic N) is 2. The molecule has 0 saturated heterocycles. The van der Waals surface area contributed by atoms with Crippen molar-refractivity contribution < 1.29 is 5.41 Å². The van der Waals surface area contributed by atoms with E-state index in [0.717, 1.165) is 10.9 Å². The first-order valence-corrected chi connectivity index (χ1v) is 8.14.